The van der Waals surface area contributed by atoms with Gasteiger partial charge in [0, 0.05) is 12.8 Å². The Bertz CT molecular complexity index is 1140. The molecule has 0 spiro atoms. The zero-order chi connectivity index (χ0) is 50.6. The summed E-state index contributed by atoms with van der Waals surface area (Å²) in [6.07, 6.45) is 56.9. The van der Waals surface area contributed by atoms with Gasteiger partial charge in [0.05, 0.1) is 40.3 Å². The SMILES string of the molecule is CCCCCCCCCC/C=C\CCCCCCCCCCCC(=O)OC(COC(=O)CCCCCCCCCCCCCCCCCCCCCCCCC)COC(OCC[N+](C)(C)C)C(=O)[O-]. The van der Waals surface area contributed by atoms with E-state index in [0.717, 1.165) is 38.5 Å². The average Bonchev–Trinajstić information content (AvgIpc) is 3.31. The van der Waals surface area contributed by atoms with Crippen LogP contribution in [-0.4, -0.2) is 82.3 Å². The van der Waals surface area contributed by atoms with Gasteiger partial charge in [-0.2, -0.15) is 0 Å². The highest BCUT2D eigenvalue weighted by Crippen LogP contribution is 2.17. The maximum absolute atomic E-state index is 12.9. The van der Waals surface area contributed by atoms with Crippen molar-refractivity contribution in [1.82, 2.24) is 0 Å². The summed E-state index contributed by atoms with van der Waals surface area (Å²) in [5.41, 5.74) is 0. The minimum atomic E-state index is -1.62. The van der Waals surface area contributed by atoms with Gasteiger partial charge >= 0.3 is 11.9 Å². The predicted octanol–water partition coefficient (Wildman–Crippen LogP) is 16.0. The molecule has 0 aromatic heterocycles. The molecule has 0 rings (SSSR count). The molecule has 0 saturated heterocycles. The second kappa shape index (κ2) is 52.4. The lowest BCUT2D eigenvalue weighted by molar-refractivity contribution is -0.870. The summed E-state index contributed by atoms with van der Waals surface area (Å²) in [5, 5.41) is 11.8. The number of carboxylic acid groups (broad SMARTS) is 1. The van der Waals surface area contributed by atoms with E-state index in [4.69, 9.17) is 18.9 Å². The fourth-order valence-electron chi connectivity index (χ4n) is 8.89. The number of aliphatic carboxylic acids is 1. The Hall–Kier alpha value is -1.97. The number of nitrogens with zero attached hydrogens (tertiary/aromatic N) is 1. The molecule has 0 bridgehead atoms. The Labute approximate surface area is 427 Å². The number of unbranched alkanes of at least 4 members (excludes halogenated alkanes) is 39. The standard InChI is InChI=1S/C60H115NO8/c1-6-8-10-12-14-16-18-20-22-24-26-28-29-31-32-34-36-38-40-42-44-46-48-50-57(62)67-54-56(55-68-60(59(64)65)66-53-52-61(3,4)5)69-58(63)51-49-47-45-43-41-39-37-35-33-30-27-25-23-21-19-17-15-13-11-9-7-2/h25,27,56,60H,6-24,26,28-55H2,1-5H3/b27-25-. The van der Waals surface area contributed by atoms with Gasteiger partial charge in [0.25, 0.3) is 0 Å². The number of hydrogen-bond donors (Lipinski definition) is 0. The van der Waals surface area contributed by atoms with E-state index in [2.05, 4.69) is 26.0 Å². The summed E-state index contributed by atoms with van der Waals surface area (Å²) in [6.45, 7) is 4.81. The van der Waals surface area contributed by atoms with Crippen LogP contribution < -0.4 is 5.11 Å². The molecule has 408 valence electrons. The van der Waals surface area contributed by atoms with Gasteiger partial charge in [-0.05, 0) is 38.5 Å². The van der Waals surface area contributed by atoms with E-state index < -0.39 is 24.3 Å². The number of carbonyl (C=O) groups is 3. The molecule has 2 atom stereocenters. The molecule has 0 aliphatic carbocycles. The molecule has 0 radical (unpaired) electrons. The van der Waals surface area contributed by atoms with Crippen LogP contribution in [0.2, 0.25) is 0 Å². The van der Waals surface area contributed by atoms with Crippen molar-refractivity contribution in [3.05, 3.63) is 12.2 Å². The molecule has 0 saturated carbocycles. The summed E-state index contributed by atoms with van der Waals surface area (Å²) in [5.74, 6) is -2.26. The Morgan fingerprint density at radius 3 is 1.07 bits per heavy atom. The lowest BCUT2D eigenvalue weighted by atomic mass is 10.0. The van der Waals surface area contributed by atoms with Crippen LogP contribution in [-0.2, 0) is 33.3 Å². The molecule has 0 amide bonds. The molecule has 0 aromatic carbocycles. The Balaban J connectivity index is 4.19. The smallest absolute Gasteiger partial charge is 0.306 e. The van der Waals surface area contributed by atoms with Gasteiger partial charge in [-0.15, -0.1) is 0 Å². The topological polar surface area (TPSA) is 111 Å². The van der Waals surface area contributed by atoms with E-state index in [9.17, 15) is 19.5 Å². The number of allylic oxidation sites excluding steroid dienone is 2. The molecule has 0 aliphatic heterocycles. The van der Waals surface area contributed by atoms with Gasteiger partial charge in [-0.25, -0.2) is 0 Å². The first-order valence-corrected chi connectivity index (χ1v) is 29.8. The van der Waals surface area contributed by atoms with Crippen LogP contribution in [0.4, 0.5) is 0 Å². The predicted molar refractivity (Wildman–Crippen MR) is 288 cm³/mol. The van der Waals surface area contributed by atoms with E-state index >= 15 is 0 Å². The Morgan fingerprint density at radius 2 is 0.739 bits per heavy atom. The number of ether oxygens (including phenoxy) is 4. The van der Waals surface area contributed by atoms with Crippen LogP contribution in [0.15, 0.2) is 12.2 Å². The zero-order valence-electron chi connectivity index (χ0n) is 46.5. The van der Waals surface area contributed by atoms with Crippen LogP contribution in [0.25, 0.3) is 0 Å². The molecule has 0 heterocycles. The van der Waals surface area contributed by atoms with E-state index in [0.29, 0.717) is 23.9 Å². The zero-order valence-corrected chi connectivity index (χ0v) is 46.5. The molecular weight excluding hydrogens is 863 g/mol. The van der Waals surface area contributed by atoms with Crippen molar-refractivity contribution >= 4 is 17.9 Å². The average molecular weight is 979 g/mol. The monoisotopic (exact) mass is 978 g/mol. The summed E-state index contributed by atoms with van der Waals surface area (Å²) < 4.78 is 22.7. The van der Waals surface area contributed by atoms with Gasteiger partial charge in [0.1, 0.15) is 13.2 Å². The van der Waals surface area contributed by atoms with Crippen LogP contribution in [0, 0.1) is 0 Å². The van der Waals surface area contributed by atoms with Crippen molar-refractivity contribution in [3.8, 4) is 0 Å². The van der Waals surface area contributed by atoms with Crippen molar-refractivity contribution in [2.75, 3.05) is 47.5 Å². The highest BCUT2D eigenvalue weighted by atomic mass is 16.7. The van der Waals surface area contributed by atoms with Crippen molar-refractivity contribution in [3.63, 3.8) is 0 Å². The highest BCUT2D eigenvalue weighted by molar-refractivity contribution is 5.70. The number of esters is 2. The first-order chi connectivity index (χ1) is 33.6. The molecule has 0 fully saturated rings. The number of carboxylic acids is 1. The fourth-order valence-corrected chi connectivity index (χ4v) is 8.89. The van der Waals surface area contributed by atoms with E-state index in [-0.39, 0.29) is 32.2 Å². The number of rotatable bonds is 56. The maximum Gasteiger partial charge on any atom is 0.306 e. The molecule has 69 heavy (non-hydrogen) atoms. The summed E-state index contributed by atoms with van der Waals surface area (Å²) in [6, 6.07) is 0. The van der Waals surface area contributed by atoms with E-state index in [1.54, 1.807) is 0 Å². The Morgan fingerprint density at radius 1 is 0.420 bits per heavy atom. The fraction of sp³-hybridized carbons (Fsp3) is 0.917. The molecule has 9 nitrogen and oxygen atoms in total. The second-order valence-electron chi connectivity index (χ2n) is 21.6. The van der Waals surface area contributed by atoms with Crippen molar-refractivity contribution in [2.45, 2.75) is 309 Å². The highest BCUT2D eigenvalue weighted by Gasteiger charge is 2.22. The minimum absolute atomic E-state index is 0.151. The summed E-state index contributed by atoms with van der Waals surface area (Å²) in [7, 11) is 5.93. The maximum atomic E-state index is 12.9. The van der Waals surface area contributed by atoms with Crippen LogP contribution >= 0.6 is 0 Å². The molecule has 0 aliphatic rings. The molecule has 0 aromatic rings. The third-order valence-electron chi connectivity index (χ3n) is 13.5. The minimum Gasteiger partial charge on any atom is -0.545 e. The van der Waals surface area contributed by atoms with E-state index in [1.165, 1.54) is 225 Å². The van der Waals surface area contributed by atoms with Gasteiger partial charge in [-0.1, -0.05) is 257 Å². The Kier molecular flexibility index (Phi) is 50.9. The number of hydrogen-bond acceptors (Lipinski definition) is 8. The van der Waals surface area contributed by atoms with Crippen LogP contribution in [0.1, 0.15) is 296 Å². The molecule has 9 heteroatoms. The quantitative estimate of drug-likeness (QED) is 0.0195. The first kappa shape index (κ1) is 67.0. The van der Waals surface area contributed by atoms with Crippen LogP contribution in [0.3, 0.4) is 0 Å². The van der Waals surface area contributed by atoms with Gasteiger partial charge in [-0.3, -0.25) is 9.59 Å². The number of quaternary nitrogens is 1. The lowest BCUT2D eigenvalue weighted by Gasteiger charge is -2.26. The normalized spacial score (nSPS) is 12.8. The van der Waals surface area contributed by atoms with Crippen molar-refractivity contribution < 1.29 is 42.9 Å². The first-order valence-electron chi connectivity index (χ1n) is 29.8. The summed E-state index contributed by atoms with van der Waals surface area (Å²) >= 11 is 0. The largest absolute Gasteiger partial charge is 0.545 e. The van der Waals surface area contributed by atoms with Gasteiger partial charge < -0.3 is 33.3 Å². The lowest BCUT2D eigenvalue weighted by Crippen LogP contribution is -2.44. The van der Waals surface area contributed by atoms with Crippen LogP contribution in [0.5, 0.6) is 0 Å². The summed E-state index contributed by atoms with van der Waals surface area (Å²) in [4.78, 5) is 37.3. The third-order valence-corrected chi connectivity index (χ3v) is 13.5. The number of carbonyl (C=O) groups excluding carboxylic acids is 3. The van der Waals surface area contributed by atoms with E-state index in [1.807, 2.05) is 21.1 Å². The second-order valence-corrected chi connectivity index (χ2v) is 21.6. The van der Waals surface area contributed by atoms with Gasteiger partial charge in [0.2, 0.25) is 0 Å². The van der Waals surface area contributed by atoms with Crippen molar-refractivity contribution in [2.24, 2.45) is 0 Å². The number of likely N-dealkylation sites (N-methyl/N-ethyl adjacent to an activating group) is 1. The molecule has 2 unspecified atom stereocenters. The molecular formula is C60H115NO8. The molecule has 0 N–H and O–H groups in total. The van der Waals surface area contributed by atoms with Crippen molar-refractivity contribution in [1.29, 1.82) is 0 Å². The third kappa shape index (κ3) is 53.7. The van der Waals surface area contributed by atoms with Gasteiger partial charge in [0.15, 0.2) is 12.4 Å².